The van der Waals surface area contributed by atoms with E-state index in [1.807, 2.05) is 25.3 Å². The first-order valence-electron chi connectivity index (χ1n) is 8.18. The Morgan fingerprint density at radius 2 is 1.96 bits per heavy atom. The maximum Gasteiger partial charge on any atom is 0.359 e. The Morgan fingerprint density at radius 3 is 2.58 bits per heavy atom. The minimum Gasteiger partial charge on any atom is -0.453 e. The molecule has 0 aromatic carbocycles. The number of ether oxygens (including phenoxy) is 2. The molecular weight excluding hydrogens is 338 g/mol. The van der Waals surface area contributed by atoms with Crippen molar-refractivity contribution in [1.29, 1.82) is 0 Å². The van der Waals surface area contributed by atoms with E-state index in [1.165, 1.54) is 19.2 Å². The Bertz CT molecular complexity index is 881. The fraction of sp³-hybridized carbons (Fsp3) is 0.444. The summed E-state index contributed by atoms with van der Waals surface area (Å²) >= 11 is 0. The molecule has 2 rings (SSSR count). The maximum atomic E-state index is 12.5. The third kappa shape index (κ3) is 4.08. The highest BCUT2D eigenvalue weighted by molar-refractivity contribution is 6.00. The van der Waals surface area contributed by atoms with E-state index < -0.39 is 12.6 Å². The van der Waals surface area contributed by atoms with E-state index in [0.29, 0.717) is 12.2 Å². The number of aromatic nitrogens is 3. The summed E-state index contributed by atoms with van der Waals surface area (Å²) in [6.07, 6.45) is 0. The molecule has 0 bridgehead atoms. The number of carbonyl (C=O) groups excluding carboxylic acids is 2. The van der Waals surface area contributed by atoms with Crippen LogP contribution in [0.3, 0.4) is 0 Å². The molecule has 1 atom stereocenters. The lowest BCUT2D eigenvalue weighted by atomic mass is 10.1. The van der Waals surface area contributed by atoms with E-state index in [1.54, 1.807) is 13.2 Å². The summed E-state index contributed by atoms with van der Waals surface area (Å²) in [5.41, 5.74) is 1.87. The van der Waals surface area contributed by atoms with Crippen molar-refractivity contribution in [2.24, 2.45) is 7.05 Å². The average molecular weight is 361 g/mol. The van der Waals surface area contributed by atoms with Gasteiger partial charge in [-0.05, 0) is 32.9 Å². The molecule has 0 saturated carbocycles. The minimum atomic E-state index is -0.754. The first kappa shape index (κ1) is 19.6. The Morgan fingerprint density at radius 1 is 1.27 bits per heavy atom. The first-order valence-corrected chi connectivity index (χ1v) is 8.18. The van der Waals surface area contributed by atoms with Crippen molar-refractivity contribution in [2.75, 3.05) is 20.3 Å². The topological polar surface area (TPSA) is 92.4 Å². The molecule has 0 spiro atoms. The predicted octanol–water partition coefficient (Wildman–Crippen LogP) is 1.45. The summed E-state index contributed by atoms with van der Waals surface area (Å²) in [5, 5.41) is 3.80. The van der Waals surface area contributed by atoms with Crippen LogP contribution in [0.25, 0.3) is 0 Å². The van der Waals surface area contributed by atoms with Crippen LogP contribution in [-0.4, -0.2) is 46.4 Å². The number of aryl methyl sites for hydroxylation is 2. The summed E-state index contributed by atoms with van der Waals surface area (Å²) < 4.78 is 13.3. The molecule has 0 amide bonds. The number of nitrogens with zero attached hydrogens (tertiary/aromatic N) is 3. The van der Waals surface area contributed by atoms with Crippen LogP contribution in [0.1, 0.15) is 45.2 Å². The number of carbonyl (C=O) groups is 2. The molecule has 0 fully saturated rings. The van der Waals surface area contributed by atoms with E-state index in [9.17, 15) is 14.4 Å². The van der Waals surface area contributed by atoms with Gasteiger partial charge in [0.15, 0.2) is 12.3 Å². The largest absolute Gasteiger partial charge is 0.453 e. The lowest BCUT2D eigenvalue weighted by molar-refractivity contribution is 0.0466. The van der Waals surface area contributed by atoms with Gasteiger partial charge < -0.3 is 14.0 Å². The zero-order valence-electron chi connectivity index (χ0n) is 15.6. The van der Waals surface area contributed by atoms with Gasteiger partial charge in [-0.1, -0.05) is 0 Å². The monoisotopic (exact) mass is 361 g/mol. The lowest BCUT2D eigenvalue weighted by Gasteiger charge is -2.17. The van der Waals surface area contributed by atoms with E-state index in [4.69, 9.17) is 9.47 Å². The number of methoxy groups -OCH3 is 1. The fourth-order valence-corrected chi connectivity index (χ4v) is 2.95. The second-order valence-electron chi connectivity index (χ2n) is 6.14. The van der Waals surface area contributed by atoms with Gasteiger partial charge in [-0.2, -0.15) is 5.10 Å². The number of hydrogen-bond donors (Lipinski definition) is 0. The molecule has 0 aliphatic rings. The predicted molar refractivity (Wildman–Crippen MR) is 94.6 cm³/mol. The highest BCUT2D eigenvalue weighted by Gasteiger charge is 2.20. The van der Waals surface area contributed by atoms with Crippen LogP contribution in [0.4, 0.5) is 0 Å². The Hall–Kier alpha value is -2.74. The van der Waals surface area contributed by atoms with Crippen LogP contribution >= 0.6 is 0 Å². The van der Waals surface area contributed by atoms with Crippen LogP contribution in [-0.2, 0) is 16.5 Å². The van der Waals surface area contributed by atoms with E-state index in [-0.39, 0.29) is 23.1 Å². The number of esters is 1. The second-order valence-corrected chi connectivity index (χ2v) is 6.14. The molecule has 140 valence electrons. The SMILES string of the molecule is COCC(C)n1c(C)cc(C(=O)COC(=O)c2ccc(=O)n(C)n2)c1C. The summed E-state index contributed by atoms with van der Waals surface area (Å²) in [6, 6.07) is 4.35. The lowest BCUT2D eigenvalue weighted by Crippen LogP contribution is -2.23. The van der Waals surface area contributed by atoms with Crippen molar-refractivity contribution in [3.05, 3.63) is 51.2 Å². The van der Waals surface area contributed by atoms with Crippen molar-refractivity contribution in [2.45, 2.75) is 26.8 Å². The zero-order valence-corrected chi connectivity index (χ0v) is 15.6. The summed E-state index contributed by atoms with van der Waals surface area (Å²) in [6.45, 7) is 5.89. The maximum absolute atomic E-state index is 12.5. The highest BCUT2D eigenvalue weighted by atomic mass is 16.5. The van der Waals surface area contributed by atoms with Crippen LogP contribution in [0, 0.1) is 13.8 Å². The minimum absolute atomic E-state index is 0.0286. The van der Waals surface area contributed by atoms with Gasteiger partial charge in [0.1, 0.15) is 0 Å². The molecule has 1 unspecified atom stereocenters. The molecule has 2 aromatic heterocycles. The van der Waals surface area contributed by atoms with Gasteiger partial charge in [0.05, 0.1) is 12.6 Å². The molecule has 0 aliphatic heterocycles. The Labute approximate surface area is 151 Å². The summed E-state index contributed by atoms with van der Waals surface area (Å²) in [7, 11) is 3.06. The summed E-state index contributed by atoms with van der Waals surface area (Å²) in [5.74, 6) is -1.05. The molecule has 0 saturated heterocycles. The molecule has 0 aliphatic carbocycles. The molecule has 8 nitrogen and oxygen atoms in total. The number of ketones is 1. The van der Waals surface area contributed by atoms with Crippen molar-refractivity contribution in [3.63, 3.8) is 0 Å². The van der Waals surface area contributed by atoms with Crippen molar-refractivity contribution < 1.29 is 19.1 Å². The van der Waals surface area contributed by atoms with Crippen LogP contribution in [0.15, 0.2) is 23.0 Å². The van der Waals surface area contributed by atoms with Crippen molar-refractivity contribution >= 4 is 11.8 Å². The molecule has 0 N–H and O–H groups in total. The Balaban J connectivity index is 2.10. The van der Waals surface area contributed by atoms with Gasteiger partial charge in [-0.25, -0.2) is 9.48 Å². The van der Waals surface area contributed by atoms with Crippen molar-refractivity contribution in [3.8, 4) is 0 Å². The number of rotatable bonds is 7. The first-order chi connectivity index (χ1) is 12.3. The van der Waals surface area contributed by atoms with Gasteiger partial charge in [-0.15, -0.1) is 0 Å². The second kappa shape index (κ2) is 8.09. The molecule has 8 heteroatoms. The smallest absolute Gasteiger partial charge is 0.359 e. The molecule has 26 heavy (non-hydrogen) atoms. The van der Waals surface area contributed by atoms with Crippen molar-refractivity contribution in [1.82, 2.24) is 14.3 Å². The van der Waals surface area contributed by atoms with Crippen LogP contribution in [0.2, 0.25) is 0 Å². The third-order valence-corrected chi connectivity index (χ3v) is 4.14. The molecule has 2 heterocycles. The van der Waals surface area contributed by atoms with Gasteiger partial charge in [0.2, 0.25) is 5.78 Å². The molecule has 0 radical (unpaired) electrons. The number of hydrogen-bond acceptors (Lipinski definition) is 6. The average Bonchev–Trinajstić information content (AvgIpc) is 2.89. The van der Waals surface area contributed by atoms with Gasteiger partial charge in [0.25, 0.3) is 5.56 Å². The van der Waals surface area contributed by atoms with E-state index in [0.717, 1.165) is 16.1 Å². The Kier molecular flexibility index (Phi) is 6.10. The van der Waals surface area contributed by atoms with E-state index >= 15 is 0 Å². The summed E-state index contributed by atoms with van der Waals surface area (Å²) in [4.78, 5) is 35.8. The van der Waals surface area contributed by atoms with E-state index in [2.05, 4.69) is 5.10 Å². The number of Topliss-reactive ketones (excluding diaryl/α,β-unsaturated/α-hetero) is 1. The zero-order chi connectivity index (χ0) is 19.4. The third-order valence-electron chi connectivity index (χ3n) is 4.14. The van der Waals surface area contributed by atoms with Crippen LogP contribution in [0.5, 0.6) is 0 Å². The quantitative estimate of drug-likeness (QED) is 0.547. The fourth-order valence-electron chi connectivity index (χ4n) is 2.95. The van der Waals surface area contributed by atoms with Gasteiger partial charge in [-0.3, -0.25) is 9.59 Å². The van der Waals surface area contributed by atoms with Gasteiger partial charge >= 0.3 is 5.97 Å². The van der Waals surface area contributed by atoms with Gasteiger partial charge in [0, 0.05) is 37.2 Å². The van der Waals surface area contributed by atoms with Crippen LogP contribution < -0.4 is 5.56 Å². The molecule has 2 aromatic rings. The normalized spacial score (nSPS) is 12.0. The highest BCUT2D eigenvalue weighted by Crippen LogP contribution is 2.21. The molecular formula is C18H23N3O5. The standard InChI is InChI=1S/C18H23N3O5/c1-11-8-14(13(3)21(11)12(2)9-25-5)16(22)10-26-18(24)15-6-7-17(23)20(4)19-15/h6-8,12H,9-10H2,1-5H3.